The molecule has 0 aromatic heterocycles. The van der Waals surface area contributed by atoms with E-state index in [2.05, 4.69) is 5.32 Å². The summed E-state index contributed by atoms with van der Waals surface area (Å²) < 4.78 is 5.49. The smallest absolute Gasteiger partial charge is 0.310 e. The number of carboxylic acids is 1. The lowest BCUT2D eigenvalue weighted by molar-refractivity contribution is -0.145. The van der Waals surface area contributed by atoms with Crippen molar-refractivity contribution in [2.45, 2.75) is 19.1 Å². The van der Waals surface area contributed by atoms with Crippen LogP contribution in [-0.4, -0.2) is 29.2 Å². The van der Waals surface area contributed by atoms with Crippen LogP contribution >= 0.6 is 11.6 Å². The summed E-state index contributed by atoms with van der Waals surface area (Å²) in [5.74, 6) is -2.95. The Labute approximate surface area is 126 Å². The molecule has 6 heteroatoms. The van der Waals surface area contributed by atoms with Crippen LogP contribution in [-0.2, 0) is 14.3 Å². The number of hydrogen-bond donors (Lipinski definition) is 2. The van der Waals surface area contributed by atoms with Crippen LogP contribution in [0.4, 0.5) is 5.69 Å². The molecule has 1 fully saturated rings. The van der Waals surface area contributed by atoms with Crippen molar-refractivity contribution in [3.63, 3.8) is 0 Å². The summed E-state index contributed by atoms with van der Waals surface area (Å²) in [5, 5.41) is 12.6. The Morgan fingerprint density at radius 1 is 1.24 bits per heavy atom. The van der Waals surface area contributed by atoms with Gasteiger partial charge in [-0.05, 0) is 24.6 Å². The van der Waals surface area contributed by atoms with Crippen LogP contribution in [0.15, 0.2) is 30.4 Å². The van der Waals surface area contributed by atoms with E-state index in [1.165, 1.54) is 0 Å². The number of benzene rings is 1. The summed E-state index contributed by atoms with van der Waals surface area (Å²) in [5.41, 5.74) is 1.34. The fraction of sp³-hybridized carbons (Fsp3) is 0.333. The second-order valence-electron chi connectivity index (χ2n) is 5.24. The second-order valence-corrected chi connectivity index (χ2v) is 5.65. The number of hydrogen-bond acceptors (Lipinski definition) is 3. The van der Waals surface area contributed by atoms with Gasteiger partial charge in [-0.25, -0.2) is 0 Å². The van der Waals surface area contributed by atoms with Crippen LogP contribution in [0.5, 0.6) is 0 Å². The Kier molecular flexibility index (Phi) is 3.47. The summed E-state index contributed by atoms with van der Waals surface area (Å²) in [6.07, 6.45) is 2.45. The average Bonchev–Trinajstić information content (AvgIpc) is 3.04. The van der Waals surface area contributed by atoms with E-state index >= 15 is 0 Å². The molecule has 0 aliphatic carbocycles. The average molecular weight is 308 g/mol. The largest absolute Gasteiger partial charge is 0.481 e. The fourth-order valence-electron chi connectivity index (χ4n) is 2.87. The lowest BCUT2D eigenvalue weighted by Gasteiger charge is -2.21. The zero-order valence-corrected chi connectivity index (χ0v) is 12.0. The summed E-state index contributed by atoms with van der Waals surface area (Å²) in [6.45, 7) is 1.80. The highest BCUT2D eigenvalue weighted by Gasteiger charge is 2.53. The molecule has 110 valence electrons. The third-order valence-electron chi connectivity index (χ3n) is 4.01. The van der Waals surface area contributed by atoms with E-state index in [4.69, 9.17) is 16.3 Å². The molecule has 2 N–H and O–H groups in total. The Morgan fingerprint density at radius 2 is 1.90 bits per heavy atom. The number of nitrogens with one attached hydrogen (secondary N) is 1. The van der Waals surface area contributed by atoms with E-state index in [0.717, 1.165) is 5.56 Å². The molecule has 2 aliphatic heterocycles. The summed E-state index contributed by atoms with van der Waals surface area (Å²) in [6, 6.07) is 5.20. The number of fused-ring (bicyclic) bond motifs is 2. The first-order valence-electron chi connectivity index (χ1n) is 6.61. The van der Waals surface area contributed by atoms with E-state index in [-0.39, 0.29) is 5.91 Å². The van der Waals surface area contributed by atoms with Crippen LogP contribution in [0.2, 0.25) is 5.02 Å². The van der Waals surface area contributed by atoms with Gasteiger partial charge in [-0.15, -0.1) is 0 Å². The first-order chi connectivity index (χ1) is 9.99. The second kappa shape index (κ2) is 5.16. The molecule has 1 amide bonds. The van der Waals surface area contributed by atoms with Crippen LogP contribution in [0.3, 0.4) is 0 Å². The number of ether oxygens (including phenoxy) is 1. The molecule has 1 saturated heterocycles. The minimum atomic E-state index is -1.02. The van der Waals surface area contributed by atoms with Crippen molar-refractivity contribution in [1.82, 2.24) is 0 Å². The van der Waals surface area contributed by atoms with Gasteiger partial charge in [0.05, 0.1) is 18.1 Å². The van der Waals surface area contributed by atoms with Crippen LogP contribution in [0.1, 0.15) is 5.56 Å². The maximum Gasteiger partial charge on any atom is 0.310 e. The molecular formula is C15H14ClNO4. The SMILES string of the molecule is Cc1c(Cl)cccc1NC(=O)[C@@H]1[C@@H](C(=O)O)[C@@H]2C=C[C@@H]1O2. The number of carbonyl (C=O) groups is 2. The van der Waals surface area contributed by atoms with Gasteiger partial charge in [0.25, 0.3) is 0 Å². The summed E-state index contributed by atoms with van der Waals surface area (Å²) in [4.78, 5) is 23.8. The van der Waals surface area contributed by atoms with Gasteiger partial charge in [-0.3, -0.25) is 9.59 Å². The van der Waals surface area contributed by atoms with Gasteiger partial charge in [-0.2, -0.15) is 0 Å². The third-order valence-corrected chi connectivity index (χ3v) is 4.42. The molecule has 0 saturated carbocycles. The third kappa shape index (κ3) is 2.32. The predicted octanol–water partition coefficient (Wildman–Crippen LogP) is 2.24. The number of amides is 1. The van der Waals surface area contributed by atoms with Gasteiger partial charge in [0.15, 0.2) is 0 Å². The normalized spacial score (nSPS) is 29.6. The number of aliphatic carboxylic acids is 1. The monoisotopic (exact) mass is 307 g/mol. The maximum atomic E-state index is 12.5. The molecule has 1 aromatic carbocycles. The number of carboxylic acid groups (broad SMARTS) is 1. The van der Waals surface area contributed by atoms with Gasteiger partial charge in [0.1, 0.15) is 5.92 Å². The van der Waals surface area contributed by atoms with Gasteiger partial charge < -0.3 is 15.2 Å². The highest BCUT2D eigenvalue weighted by Crippen LogP contribution is 2.40. The molecule has 3 rings (SSSR count). The standard InChI is InChI=1S/C15H14ClNO4/c1-7-8(16)3-2-4-9(7)17-14(18)12-10-5-6-11(21-10)13(12)15(19)20/h2-6,10-13H,1H3,(H,17,18)(H,19,20)/t10-,11-,12-,13-/m0/s1. The zero-order chi connectivity index (χ0) is 15.1. The molecule has 1 aromatic rings. The first-order valence-corrected chi connectivity index (χ1v) is 6.99. The van der Waals surface area contributed by atoms with E-state index in [1.807, 2.05) is 0 Å². The van der Waals surface area contributed by atoms with Gasteiger partial charge >= 0.3 is 5.97 Å². The van der Waals surface area contributed by atoms with Crippen molar-refractivity contribution in [3.05, 3.63) is 40.9 Å². The number of halogens is 1. The minimum Gasteiger partial charge on any atom is -0.481 e. The molecule has 0 radical (unpaired) electrons. The molecule has 5 nitrogen and oxygen atoms in total. The Hall–Kier alpha value is -1.85. The molecule has 0 unspecified atom stereocenters. The van der Waals surface area contributed by atoms with Gasteiger partial charge in [-0.1, -0.05) is 29.8 Å². The lowest BCUT2D eigenvalue weighted by atomic mass is 9.82. The fourth-order valence-corrected chi connectivity index (χ4v) is 3.05. The number of rotatable bonds is 3. The quantitative estimate of drug-likeness (QED) is 0.840. The van der Waals surface area contributed by atoms with Crippen molar-refractivity contribution in [3.8, 4) is 0 Å². The van der Waals surface area contributed by atoms with Crippen LogP contribution < -0.4 is 5.32 Å². The molecule has 4 atom stereocenters. The Morgan fingerprint density at radius 3 is 2.57 bits per heavy atom. The zero-order valence-electron chi connectivity index (χ0n) is 11.2. The van der Waals surface area contributed by atoms with Crippen LogP contribution in [0.25, 0.3) is 0 Å². The number of anilines is 1. The van der Waals surface area contributed by atoms with Crippen LogP contribution in [0, 0.1) is 18.8 Å². The molecule has 2 aliphatic rings. The Bertz CT molecular complexity index is 643. The minimum absolute atomic E-state index is 0.357. The molecule has 21 heavy (non-hydrogen) atoms. The molecule has 0 spiro atoms. The van der Waals surface area contributed by atoms with E-state index in [9.17, 15) is 14.7 Å². The first kappa shape index (κ1) is 14.1. The molecule has 2 heterocycles. The summed E-state index contributed by atoms with van der Waals surface area (Å²) in [7, 11) is 0. The van der Waals surface area contributed by atoms with Crippen molar-refractivity contribution in [2.24, 2.45) is 11.8 Å². The van der Waals surface area contributed by atoms with E-state index < -0.39 is 30.0 Å². The molecule has 2 bridgehead atoms. The predicted molar refractivity (Wildman–Crippen MR) is 77.2 cm³/mol. The number of carbonyl (C=O) groups excluding carboxylic acids is 1. The molecular weight excluding hydrogens is 294 g/mol. The summed E-state index contributed by atoms with van der Waals surface area (Å²) >= 11 is 6.02. The van der Waals surface area contributed by atoms with E-state index in [0.29, 0.717) is 10.7 Å². The van der Waals surface area contributed by atoms with Crippen molar-refractivity contribution in [1.29, 1.82) is 0 Å². The van der Waals surface area contributed by atoms with Gasteiger partial charge in [0, 0.05) is 10.7 Å². The van der Waals surface area contributed by atoms with Gasteiger partial charge in [0.2, 0.25) is 5.91 Å². The Balaban J connectivity index is 1.84. The van der Waals surface area contributed by atoms with E-state index in [1.54, 1.807) is 37.3 Å². The van der Waals surface area contributed by atoms with Crippen molar-refractivity contribution >= 4 is 29.2 Å². The maximum absolute atomic E-state index is 12.5. The highest BCUT2D eigenvalue weighted by molar-refractivity contribution is 6.31. The topological polar surface area (TPSA) is 75.6 Å². The van der Waals surface area contributed by atoms with Crippen molar-refractivity contribution in [2.75, 3.05) is 5.32 Å². The lowest BCUT2D eigenvalue weighted by Crippen LogP contribution is -2.39. The highest BCUT2D eigenvalue weighted by atomic mass is 35.5. The van der Waals surface area contributed by atoms with Crippen molar-refractivity contribution < 1.29 is 19.4 Å².